The van der Waals surface area contributed by atoms with Crippen molar-refractivity contribution in [3.8, 4) is 0 Å². The van der Waals surface area contributed by atoms with Crippen molar-refractivity contribution >= 4 is 22.8 Å². The summed E-state index contributed by atoms with van der Waals surface area (Å²) in [5, 5.41) is 9.26. The van der Waals surface area contributed by atoms with E-state index in [1.54, 1.807) is 0 Å². The van der Waals surface area contributed by atoms with Crippen molar-refractivity contribution < 1.29 is 43.1 Å². The molecule has 9 N–H and O–H groups in total. The van der Waals surface area contributed by atoms with E-state index in [-0.39, 0.29) is 24.9 Å². The molecule has 0 unspecified atom stereocenters. The van der Waals surface area contributed by atoms with Gasteiger partial charge in [0.2, 0.25) is 0 Å². The highest BCUT2D eigenvalue weighted by Crippen LogP contribution is 2.40. The molecule has 0 saturated carbocycles. The Kier molecular flexibility index (Phi) is 12.1. The van der Waals surface area contributed by atoms with Crippen molar-refractivity contribution in [1.82, 2.24) is 20.9 Å². The largest absolute Gasteiger partial charge is 0.339 e. The Morgan fingerprint density at radius 1 is 0.733 bits per heavy atom. The van der Waals surface area contributed by atoms with Gasteiger partial charge < -0.3 is 45.3 Å². The van der Waals surface area contributed by atoms with Crippen LogP contribution in [-0.2, 0) is 13.7 Å². The molecule has 0 aliphatic heterocycles. The van der Waals surface area contributed by atoms with Crippen LogP contribution in [0.2, 0.25) is 0 Å². The van der Waals surface area contributed by atoms with Crippen molar-refractivity contribution in [3.63, 3.8) is 0 Å². The van der Waals surface area contributed by atoms with Crippen LogP contribution >= 0.6 is 22.8 Å². The second kappa shape index (κ2) is 12.0. The summed E-state index contributed by atoms with van der Waals surface area (Å²) in [6.45, 7) is 8.91. The molecule has 0 aromatic rings. The monoisotopic (exact) mass is 498 g/mol. The maximum absolute atomic E-state index is 11.2. The van der Waals surface area contributed by atoms with E-state index in [2.05, 4.69) is 16.0 Å². The number of hydrogen-bond acceptors (Lipinski definition) is 7. The molecule has 0 heterocycles. The van der Waals surface area contributed by atoms with Crippen LogP contribution in [0, 0.1) is 0 Å². The lowest BCUT2D eigenvalue weighted by Crippen LogP contribution is -2.54. The maximum atomic E-state index is 11.2. The highest BCUT2D eigenvalue weighted by atomic mass is 31.2. The lowest BCUT2D eigenvalue weighted by molar-refractivity contribution is 0.254. The Hall–Kier alpha value is 0.290. The van der Waals surface area contributed by atoms with E-state index >= 15 is 0 Å². The van der Waals surface area contributed by atoms with Gasteiger partial charge in [0.1, 0.15) is 12.6 Å². The molecule has 30 heavy (non-hydrogen) atoms. The van der Waals surface area contributed by atoms with E-state index in [9.17, 15) is 13.7 Å². The molecule has 0 saturated heterocycles. The number of nitrogens with zero attached hydrogens (tertiary/aromatic N) is 1. The van der Waals surface area contributed by atoms with Crippen molar-refractivity contribution in [2.45, 2.75) is 45.2 Å². The first kappa shape index (κ1) is 30.3. The van der Waals surface area contributed by atoms with E-state index in [1.165, 1.54) is 0 Å². The third kappa shape index (κ3) is 19.0. The van der Waals surface area contributed by atoms with Crippen LogP contribution in [-0.4, -0.2) is 90.4 Å². The summed E-state index contributed by atoms with van der Waals surface area (Å²) in [4.78, 5) is 55.1. The summed E-state index contributed by atoms with van der Waals surface area (Å²) in [5.41, 5.74) is -0.764. The fourth-order valence-electron chi connectivity index (χ4n) is 2.50. The zero-order valence-corrected chi connectivity index (χ0v) is 20.5. The first-order chi connectivity index (χ1) is 13.2. The Labute approximate surface area is 177 Å². The van der Waals surface area contributed by atoms with Crippen LogP contribution in [0.25, 0.3) is 0 Å². The fourth-order valence-corrected chi connectivity index (χ4v) is 4.63. The molecule has 0 bridgehead atoms. The van der Waals surface area contributed by atoms with Gasteiger partial charge in [0.25, 0.3) is 0 Å². The smallest absolute Gasteiger partial charge is 0.324 e. The van der Waals surface area contributed by atoms with Crippen LogP contribution < -0.4 is 16.0 Å². The third-order valence-electron chi connectivity index (χ3n) is 4.05. The molecule has 0 radical (unpaired) electrons. The summed E-state index contributed by atoms with van der Waals surface area (Å²) in [5.74, 6) is 0. The molecule has 0 aliphatic rings. The summed E-state index contributed by atoms with van der Waals surface area (Å²) in [6.07, 6.45) is -1.25. The molecule has 0 amide bonds. The van der Waals surface area contributed by atoms with Crippen LogP contribution in [0.5, 0.6) is 0 Å². The summed E-state index contributed by atoms with van der Waals surface area (Å²) < 4.78 is 33.2. The molecule has 0 aliphatic carbocycles. The van der Waals surface area contributed by atoms with Gasteiger partial charge in [-0.05, 0) is 40.7 Å². The molecule has 182 valence electrons. The van der Waals surface area contributed by atoms with Gasteiger partial charge in [-0.2, -0.15) is 0 Å². The molecule has 0 aromatic heterocycles. The fraction of sp³-hybridized carbons (Fsp3) is 1.00. The normalized spacial score (nSPS) is 14.5. The van der Waals surface area contributed by atoms with E-state index in [0.717, 1.165) is 4.90 Å². The first-order valence-electron chi connectivity index (χ1n) is 9.27. The van der Waals surface area contributed by atoms with Crippen LogP contribution in [0.4, 0.5) is 0 Å². The first-order valence-corrected chi connectivity index (χ1v) is 14.7. The standard InChI is InChI=1S/C14H37N4O9P3/c1-13(2,5-6-15-10-28(19,20)21)17-9-14(3,4)16-7-8-18(11-29(22,23)24)12-30(25,26)27/h15-17H,5-12H2,1-4H3,(H2,19,20,21)(H2,22,23,24)(H2,25,26,27). The van der Waals surface area contributed by atoms with Crippen LogP contribution in [0.3, 0.4) is 0 Å². The predicted molar refractivity (Wildman–Crippen MR) is 114 cm³/mol. The average molecular weight is 498 g/mol. The van der Waals surface area contributed by atoms with Crippen molar-refractivity contribution in [1.29, 1.82) is 0 Å². The summed E-state index contributed by atoms with van der Waals surface area (Å²) >= 11 is 0. The van der Waals surface area contributed by atoms with Gasteiger partial charge in [-0.15, -0.1) is 0 Å². The van der Waals surface area contributed by atoms with E-state index in [0.29, 0.717) is 19.5 Å². The molecule has 0 aromatic carbocycles. The van der Waals surface area contributed by atoms with Gasteiger partial charge in [-0.25, -0.2) is 0 Å². The van der Waals surface area contributed by atoms with Gasteiger partial charge in [0.15, 0.2) is 0 Å². The second-order valence-electron chi connectivity index (χ2n) is 8.63. The van der Waals surface area contributed by atoms with Crippen LogP contribution in [0.1, 0.15) is 34.1 Å². The molecular formula is C14H37N4O9P3. The summed E-state index contributed by atoms with van der Waals surface area (Å²) in [6, 6.07) is 0. The molecule has 13 nitrogen and oxygen atoms in total. The molecule has 0 spiro atoms. The quantitative estimate of drug-likeness (QED) is 0.0963. The minimum atomic E-state index is -4.46. The van der Waals surface area contributed by atoms with Gasteiger partial charge >= 0.3 is 22.8 Å². The number of hydrogen-bond donors (Lipinski definition) is 9. The Morgan fingerprint density at radius 3 is 1.67 bits per heavy atom. The second-order valence-corrected chi connectivity index (χ2v) is 13.5. The zero-order chi connectivity index (χ0) is 23.9. The zero-order valence-electron chi connectivity index (χ0n) is 17.9. The average Bonchev–Trinajstić information content (AvgIpc) is 2.45. The predicted octanol–water partition coefficient (Wildman–Crippen LogP) is -0.590. The molecule has 0 fully saturated rings. The lowest BCUT2D eigenvalue weighted by Gasteiger charge is -2.34. The molecule has 0 rings (SSSR count). The molecule has 0 atom stereocenters. The highest BCUT2D eigenvalue weighted by molar-refractivity contribution is 7.52. The van der Waals surface area contributed by atoms with Gasteiger partial charge in [0, 0.05) is 30.7 Å². The maximum Gasteiger partial charge on any atom is 0.339 e. The van der Waals surface area contributed by atoms with Crippen molar-refractivity contribution in [2.24, 2.45) is 0 Å². The number of nitrogens with one attached hydrogen (secondary N) is 3. The Bertz CT molecular complexity index is 635. The van der Waals surface area contributed by atoms with Crippen molar-refractivity contribution in [3.05, 3.63) is 0 Å². The topological polar surface area (TPSA) is 212 Å². The SMILES string of the molecule is CC(C)(CCNCP(=O)(O)O)NCC(C)(C)NCCN(CP(=O)(O)O)CP(=O)(O)O. The van der Waals surface area contributed by atoms with E-state index in [1.807, 2.05) is 27.7 Å². The van der Waals surface area contributed by atoms with Gasteiger partial charge in [0.05, 0.1) is 6.29 Å². The summed E-state index contributed by atoms with van der Waals surface area (Å²) in [7, 11) is -13.0. The molecular weight excluding hydrogens is 461 g/mol. The Balaban J connectivity index is 4.49. The van der Waals surface area contributed by atoms with E-state index < -0.39 is 40.9 Å². The van der Waals surface area contributed by atoms with Gasteiger partial charge in [-0.1, -0.05) is 0 Å². The van der Waals surface area contributed by atoms with Crippen LogP contribution in [0.15, 0.2) is 0 Å². The highest BCUT2D eigenvalue weighted by Gasteiger charge is 2.27. The van der Waals surface area contributed by atoms with E-state index in [4.69, 9.17) is 29.4 Å². The Morgan fingerprint density at radius 2 is 1.23 bits per heavy atom. The van der Waals surface area contributed by atoms with Gasteiger partial charge in [-0.3, -0.25) is 18.6 Å². The van der Waals surface area contributed by atoms with Crippen molar-refractivity contribution in [2.75, 3.05) is 45.0 Å². The number of rotatable bonds is 16. The lowest BCUT2D eigenvalue weighted by atomic mass is 9.97. The molecule has 16 heteroatoms. The minimum Gasteiger partial charge on any atom is -0.324 e. The third-order valence-corrected chi connectivity index (χ3v) is 6.23. The minimum absolute atomic E-state index is 0.0370.